The molecule has 0 saturated carbocycles. The van der Waals surface area contributed by atoms with Gasteiger partial charge in [-0.05, 0) is 45.8 Å². The zero-order valence-electron chi connectivity index (χ0n) is 26.2. The van der Waals surface area contributed by atoms with Crippen molar-refractivity contribution in [2.45, 2.75) is 180 Å². The van der Waals surface area contributed by atoms with Gasteiger partial charge in [-0.15, -0.1) is 4.89 Å². The normalized spacial score (nSPS) is 14.9. The molecule has 0 radical (unpaired) electrons. The van der Waals surface area contributed by atoms with E-state index in [1.165, 1.54) is 96.3 Å². The zero-order chi connectivity index (χ0) is 29.2. The first-order valence-corrected chi connectivity index (χ1v) is 18.0. The van der Waals surface area contributed by atoms with Crippen molar-refractivity contribution in [1.82, 2.24) is 0 Å². The van der Waals surface area contributed by atoms with E-state index < -0.39 is 20.0 Å². The zero-order valence-corrected chi connectivity index (χ0v) is 28.0. The van der Waals surface area contributed by atoms with E-state index in [-0.39, 0.29) is 24.1 Å². The van der Waals surface area contributed by atoms with Gasteiger partial charge in [0.05, 0.1) is 12.7 Å². The van der Waals surface area contributed by atoms with Crippen molar-refractivity contribution in [3.05, 3.63) is 0 Å². The van der Waals surface area contributed by atoms with Crippen molar-refractivity contribution < 1.29 is 28.6 Å². The van der Waals surface area contributed by atoms with Crippen LogP contribution in [0, 0.1) is 0 Å². The third-order valence-corrected chi connectivity index (χ3v) is 9.04. The minimum Gasteiger partial charge on any atom is -0.455 e. The van der Waals surface area contributed by atoms with Crippen LogP contribution in [-0.2, 0) is 28.6 Å². The molecule has 0 rings (SSSR count). The number of rotatable bonds is 29. The summed E-state index contributed by atoms with van der Waals surface area (Å²) in [4.78, 5) is 24.0. The van der Waals surface area contributed by atoms with Gasteiger partial charge in [-0.1, -0.05) is 122 Å². The molecule has 4 atom stereocenters. The maximum atomic E-state index is 12.7. The average Bonchev–Trinajstić information content (AvgIpc) is 2.92. The number of hydrogen-bond acceptors (Lipinski definition) is 7. The van der Waals surface area contributed by atoms with Gasteiger partial charge < -0.3 is 4.74 Å². The van der Waals surface area contributed by atoms with E-state index in [9.17, 15) is 9.36 Å². The Kier molecular flexibility index (Phi) is 26.5. The Morgan fingerprint density at radius 2 is 1.26 bits per heavy atom. The van der Waals surface area contributed by atoms with E-state index in [2.05, 4.69) is 13.8 Å². The van der Waals surface area contributed by atoms with Crippen molar-refractivity contribution >= 4 is 26.2 Å². The molecule has 4 unspecified atom stereocenters. The number of unbranched alkanes of at least 4 members (excludes halogenated alkanes) is 14. The summed E-state index contributed by atoms with van der Waals surface area (Å²) in [5.74, 6) is 0.276. The van der Waals surface area contributed by atoms with Crippen molar-refractivity contribution in [3.8, 4) is 0 Å². The molecule has 0 aromatic heterocycles. The monoisotopic (exact) mass is 593 g/mol. The summed E-state index contributed by atoms with van der Waals surface area (Å²) in [6.45, 7) is 12.1. The molecule has 0 aromatic carbocycles. The number of carbonyl (C=O) groups is 1. The maximum Gasteiger partial charge on any atom is 0.497 e. The summed E-state index contributed by atoms with van der Waals surface area (Å²) >= 11 is 1.93. The van der Waals surface area contributed by atoms with E-state index in [1.807, 2.05) is 25.6 Å². The summed E-state index contributed by atoms with van der Waals surface area (Å²) in [7, 11) is -1.20. The van der Waals surface area contributed by atoms with Crippen LogP contribution in [0.25, 0.3) is 0 Å². The van der Waals surface area contributed by atoms with Crippen molar-refractivity contribution in [2.24, 2.45) is 0 Å². The van der Waals surface area contributed by atoms with Crippen LogP contribution in [0.5, 0.6) is 0 Å². The van der Waals surface area contributed by atoms with Gasteiger partial charge in [-0.2, -0.15) is 11.8 Å². The fourth-order valence-corrected chi connectivity index (χ4v) is 6.06. The minimum absolute atomic E-state index is 0.217. The highest BCUT2D eigenvalue weighted by atomic mass is 32.2. The lowest BCUT2D eigenvalue weighted by atomic mass is 10.1. The van der Waals surface area contributed by atoms with Gasteiger partial charge in [0.2, 0.25) is 0 Å². The van der Waals surface area contributed by atoms with Gasteiger partial charge in [0.25, 0.3) is 0 Å². The number of thioether (sulfide) groups is 1. The van der Waals surface area contributed by atoms with Gasteiger partial charge >= 0.3 is 20.0 Å². The molecule has 6 nitrogen and oxygen atoms in total. The topological polar surface area (TPSA) is 71.1 Å². The Morgan fingerprint density at radius 3 is 1.74 bits per heavy atom. The molecule has 0 amide bonds. The Labute approximate surface area is 246 Å². The highest BCUT2D eigenvalue weighted by Gasteiger charge is 2.55. The molecule has 0 bridgehead atoms. The maximum absolute atomic E-state index is 12.7. The fourth-order valence-electron chi connectivity index (χ4n) is 4.35. The van der Waals surface area contributed by atoms with Crippen molar-refractivity contribution in [2.75, 3.05) is 12.4 Å². The molecular formula is C31H62O6PS+. The molecule has 0 saturated heterocycles. The Hall–Kier alpha value is -0.200. The summed E-state index contributed by atoms with van der Waals surface area (Å²) < 4.78 is 23.0. The molecule has 0 aliphatic carbocycles. The number of carbonyl (C=O) groups excluding carboxylic acids is 1. The minimum atomic E-state index is -2.04. The first-order valence-electron chi connectivity index (χ1n) is 16.1. The summed E-state index contributed by atoms with van der Waals surface area (Å²) in [5.41, 5.74) is -2.04. The second-order valence-corrected chi connectivity index (χ2v) is 13.3. The number of esters is 1. The SMILES string of the molecule is CCCCCCCCCCCCSC(CCCCCCCC)C(C)OOC(OCCC)([PH+]=O)C(=O)OC(C)C. The highest BCUT2D eigenvalue weighted by Crippen LogP contribution is 2.32. The van der Waals surface area contributed by atoms with Crippen LogP contribution >= 0.6 is 20.2 Å². The lowest BCUT2D eigenvalue weighted by molar-refractivity contribution is -0.403. The largest absolute Gasteiger partial charge is 0.497 e. The molecule has 0 fully saturated rings. The molecule has 0 aromatic rings. The highest BCUT2D eigenvalue weighted by molar-refractivity contribution is 7.99. The van der Waals surface area contributed by atoms with Crippen molar-refractivity contribution in [3.63, 3.8) is 0 Å². The molecule has 0 spiro atoms. The molecule has 8 heteroatoms. The van der Waals surface area contributed by atoms with Crippen LogP contribution < -0.4 is 0 Å². The number of ether oxygens (including phenoxy) is 2. The molecule has 0 heterocycles. The van der Waals surface area contributed by atoms with Crippen LogP contribution in [0.2, 0.25) is 0 Å². The predicted octanol–water partition coefficient (Wildman–Crippen LogP) is 10.2. The summed E-state index contributed by atoms with van der Waals surface area (Å²) in [6, 6.07) is 0. The van der Waals surface area contributed by atoms with Crippen molar-refractivity contribution in [1.29, 1.82) is 0 Å². The Bertz CT molecular complexity index is 579. The Balaban J connectivity index is 4.81. The third kappa shape index (κ3) is 20.3. The van der Waals surface area contributed by atoms with Gasteiger partial charge in [-0.3, -0.25) is 4.74 Å². The molecule has 0 aliphatic heterocycles. The standard InChI is InChI=1S/C31H61O6PS/c1-7-10-12-14-16-17-18-19-21-23-26-39-29(24-22-20-15-13-11-8-2)28(6)36-37-31(38-33,34-25-9-3)30(32)35-27(4)5/h27-29H,7-26H2,1-6H3/p+1. The number of hydrogen-bond donors (Lipinski definition) is 0. The third-order valence-electron chi connectivity index (χ3n) is 6.77. The molecular weight excluding hydrogens is 531 g/mol. The van der Waals surface area contributed by atoms with Crippen LogP contribution in [-0.4, -0.2) is 41.3 Å². The molecule has 0 N–H and O–H groups in total. The first-order chi connectivity index (χ1) is 18.9. The second-order valence-electron chi connectivity index (χ2n) is 11.1. The summed E-state index contributed by atoms with van der Waals surface area (Å²) in [5, 5.41) is 0.231. The van der Waals surface area contributed by atoms with Crippen LogP contribution in [0.1, 0.15) is 157 Å². The Morgan fingerprint density at radius 1 is 0.744 bits per heavy atom. The van der Waals surface area contributed by atoms with E-state index in [0.29, 0.717) is 6.42 Å². The lowest BCUT2D eigenvalue weighted by Crippen LogP contribution is -2.43. The quantitative estimate of drug-likeness (QED) is 0.0213. The van der Waals surface area contributed by atoms with Crippen LogP contribution in [0.4, 0.5) is 0 Å². The lowest BCUT2D eigenvalue weighted by Gasteiger charge is -2.26. The average molecular weight is 594 g/mol. The first kappa shape index (κ1) is 38.8. The van der Waals surface area contributed by atoms with Crippen LogP contribution in [0.3, 0.4) is 0 Å². The fraction of sp³-hybridized carbons (Fsp3) is 0.968. The molecule has 232 valence electrons. The molecule has 0 aliphatic rings. The van der Waals surface area contributed by atoms with E-state index >= 15 is 0 Å². The summed E-state index contributed by atoms with van der Waals surface area (Å²) in [6.07, 6.45) is 21.8. The smallest absolute Gasteiger partial charge is 0.455 e. The second kappa shape index (κ2) is 26.7. The van der Waals surface area contributed by atoms with Gasteiger partial charge in [0, 0.05) is 5.25 Å². The van der Waals surface area contributed by atoms with Gasteiger partial charge in [0.1, 0.15) is 6.10 Å². The van der Waals surface area contributed by atoms with Gasteiger partial charge in [0.15, 0.2) is 0 Å². The van der Waals surface area contributed by atoms with Gasteiger partial charge in [-0.25, -0.2) is 9.68 Å². The van der Waals surface area contributed by atoms with E-state index in [0.717, 1.165) is 18.6 Å². The van der Waals surface area contributed by atoms with Crippen LogP contribution in [0.15, 0.2) is 0 Å². The van der Waals surface area contributed by atoms with E-state index in [1.54, 1.807) is 13.8 Å². The van der Waals surface area contributed by atoms with E-state index in [4.69, 9.17) is 19.2 Å². The molecule has 39 heavy (non-hydrogen) atoms. The predicted molar refractivity (Wildman–Crippen MR) is 167 cm³/mol.